The number of nitrogen functional groups attached to an aromatic ring is 1. The van der Waals surface area contributed by atoms with Crippen molar-refractivity contribution >= 4 is 22.8 Å². The van der Waals surface area contributed by atoms with E-state index in [9.17, 15) is 0 Å². The van der Waals surface area contributed by atoms with Gasteiger partial charge in [-0.3, -0.25) is 0 Å². The molecule has 0 aliphatic rings. The maximum absolute atomic E-state index is 5.73. The Morgan fingerprint density at radius 2 is 2.25 bits per heavy atom. The summed E-state index contributed by atoms with van der Waals surface area (Å²) in [6, 6.07) is 3.81. The van der Waals surface area contributed by atoms with Crippen molar-refractivity contribution in [1.29, 1.82) is 0 Å². The average Bonchev–Trinajstić information content (AvgIpc) is 2.74. The van der Waals surface area contributed by atoms with Gasteiger partial charge in [-0.15, -0.1) is 11.3 Å². The summed E-state index contributed by atoms with van der Waals surface area (Å²) in [4.78, 5) is 10.7. The molecule has 0 radical (unpaired) electrons. The highest BCUT2D eigenvalue weighted by atomic mass is 32.1. The fourth-order valence-electron chi connectivity index (χ4n) is 1.41. The lowest BCUT2D eigenvalue weighted by atomic mass is 10.3. The van der Waals surface area contributed by atoms with Gasteiger partial charge in [0.15, 0.2) is 0 Å². The first kappa shape index (κ1) is 10.9. The second-order valence-corrected chi connectivity index (χ2v) is 4.40. The number of aromatic nitrogens is 2. The molecule has 4 nitrogen and oxygen atoms in total. The molecule has 0 aliphatic carbocycles. The van der Waals surface area contributed by atoms with Crippen molar-refractivity contribution in [1.82, 2.24) is 9.97 Å². The van der Waals surface area contributed by atoms with Crippen molar-refractivity contribution in [3.05, 3.63) is 34.4 Å². The van der Waals surface area contributed by atoms with Crippen LogP contribution in [0.3, 0.4) is 0 Å². The maximum atomic E-state index is 5.73. The minimum Gasteiger partial charge on any atom is -0.397 e. The smallest absolute Gasteiger partial charge is 0.129 e. The zero-order chi connectivity index (χ0) is 11.5. The van der Waals surface area contributed by atoms with Gasteiger partial charge in [-0.2, -0.15) is 0 Å². The van der Waals surface area contributed by atoms with Crippen LogP contribution in [0, 0.1) is 6.92 Å². The number of thiazole rings is 1. The molecule has 2 rings (SSSR count). The Morgan fingerprint density at radius 3 is 2.88 bits per heavy atom. The molecular weight excluding hydrogens is 220 g/mol. The van der Waals surface area contributed by atoms with Gasteiger partial charge in [-0.05, 0) is 19.1 Å². The summed E-state index contributed by atoms with van der Waals surface area (Å²) in [6.07, 6.45) is 0. The summed E-state index contributed by atoms with van der Waals surface area (Å²) in [7, 11) is 2.00. The zero-order valence-corrected chi connectivity index (χ0v) is 10.2. The Kier molecular flexibility index (Phi) is 3.05. The first-order valence-electron chi connectivity index (χ1n) is 4.98. The van der Waals surface area contributed by atoms with Crippen molar-refractivity contribution in [3.8, 4) is 0 Å². The van der Waals surface area contributed by atoms with Crippen LogP contribution in [0.1, 0.15) is 11.4 Å². The number of aryl methyl sites for hydroxylation is 1. The number of hydrogen-bond acceptors (Lipinski definition) is 5. The predicted octanol–water partition coefficient (Wildman–Crippen LogP) is 2.07. The van der Waals surface area contributed by atoms with Gasteiger partial charge in [-0.1, -0.05) is 0 Å². The van der Waals surface area contributed by atoms with Crippen LogP contribution in [-0.4, -0.2) is 17.0 Å². The van der Waals surface area contributed by atoms with E-state index in [0.717, 1.165) is 29.4 Å². The van der Waals surface area contributed by atoms with E-state index in [1.165, 1.54) is 0 Å². The van der Waals surface area contributed by atoms with E-state index >= 15 is 0 Å². The van der Waals surface area contributed by atoms with Gasteiger partial charge in [0.1, 0.15) is 5.82 Å². The molecule has 0 saturated heterocycles. The van der Waals surface area contributed by atoms with Crippen LogP contribution in [-0.2, 0) is 6.54 Å². The third-order valence-electron chi connectivity index (χ3n) is 2.39. The molecule has 0 aromatic carbocycles. The quantitative estimate of drug-likeness (QED) is 0.883. The Hall–Kier alpha value is -1.62. The van der Waals surface area contributed by atoms with E-state index in [1.807, 2.05) is 37.0 Å². The largest absolute Gasteiger partial charge is 0.397 e. The number of nitrogens with two attached hydrogens (primary N) is 1. The molecule has 0 spiro atoms. The third-order valence-corrected chi connectivity index (χ3v) is 3.02. The highest BCUT2D eigenvalue weighted by Gasteiger charge is 2.06. The van der Waals surface area contributed by atoms with E-state index < -0.39 is 0 Å². The lowest BCUT2D eigenvalue weighted by molar-refractivity contribution is 0.870. The van der Waals surface area contributed by atoms with Crippen LogP contribution in [0.5, 0.6) is 0 Å². The fourth-order valence-corrected chi connectivity index (χ4v) is 1.96. The lowest BCUT2D eigenvalue weighted by Gasteiger charge is -2.17. The topological polar surface area (TPSA) is 55.0 Å². The number of anilines is 2. The highest BCUT2D eigenvalue weighted by Crippen LogP contribution is 2.16. The monoisotopic (exact) mass is 234 g/mol. The zero-order valence-electron chi connectivity index (χ0n) is 9.34. The van der Waals surface area contributed by atoms with Gasteiger partial charge in [0.05, 0.1) is 29.1 Å². The van der Waals surface area contributed by atoms with Crippen molar-refractivity contribution in [3.63, 3.8) is 0 Å². The van der Waals surface area contributed by atoms with Crippen LogP contribution in [0.15, 0.2) is 23.0 Å². The third kappa shape index (κ3) is 2.30. The highest BCUT2D eigenvalue weighted by molar-refractivity contribution is 7.07. The molecule has 2 aromatic rings. The number of hydrogen-bond donors (Lipinski definition) is 1. The van der Waals surface area contributed by atoms with Crippen molar-refractivity contribution in [2.45, 2.75) is 13.5 Å². The summed E-state index contributed by atoms with van der Waals surface area (Å²) < 4.78 is 0. The molecule has 16 heavy (non-hydrogen) atoms. The summed E-state index contributed by atoms with van der Waals surface area (Å²) in [6.45, 7) is 2.68. The standard InChI is InChI=1S/C11H14N4S/c1-8-10(12)3-4-11(14-8)15(2)5-9-6-16-7-13-9/h3-4,6-7H,5,12H2,1-2H3. The normalized spacial score (nSPS) is 10.4. The first-order chi connectivity index (χ1) is 7.66. The minimum atomic E-state index is 0.728. The van der Waals surface area contributed by atoms with Crippen molar-refractivity contribution in [2.75, 3.05) is 17.7 Å². The predicted molar refractivity (Wildman–Crippen MR) is 67.6 cm³/mol. The van der Waals surface area contributed by atoms with E-state index in [1.54, 1.807) is 11.3 Å². The van der Waals surface area contributed by atoms with Gasteiger partial charge >= 0.3 is 0 Å². The van der Waals surface area contributed by atoms with Gasteiger partial charge < -0.3 is 10.6 Å². The second kappa shape index (κ2) is 4.49. The molecule has 2 aromatic heterocycles. The molecule has 0 fully saturated rings. The van der Waals surface area contributed by atoms with Gasteiger partial charge in [0.25, 0.3) is 0 Å². The molecule has 5 heteroatoms. The Labute approximate surface area is 98.8 Å². The van der Waals surface area contributed by atoms with Crippen LogP contribution in [0.2, 0.25) is 0 Å². The molecule has 84 valence electrons. The van der Waals surface area contributed by atoms with E-state index in [2.05, 4.69) is 14.9 Å². The SMILES string of the molecule is Cc1nc(N(C)Cc2cscn2)ccc1N. The van der Waals surface area contributed by atoms with Crippen LogP contribution in [0.25, 0.3) is 0 Å². The lowest BCUT2D eigenvalue weighted by Crippen LogP contribution is -2.18. The fraction of sp³-hybridized carbons (Fsp3) is 0.273. The molecule has 2 N–H and O–H groups in total. The molecule has 0 aliphatic heterocycles. The first-order valence-corrected chi connectivity index (χ1v) is 5.92. The maximum Gasteiger partial charge on any atom is 0.129 e. The summed E-state index contributed by atoms with van der Waals surface area (Å²) >= 11 is 1.60. The van der Waals surface area contributed by atoms with Crippen molar-refractivity contribution < 1.29 is 0 Å². The van der Waals surface area contributed by atoms with Crippen LogP contribution >= 0.6 is 11.3 Å². The van der Waals surface area contributed by atoms with Gasteiger partial charge in [0, 0.05) is 12.4 Å². The minimum absolute atomic E-state index is 0.728. The molecule has 0 amide bonds. The van der Waals surface area contributed by atoms with Crippen LogP contribution in [0.4, 0.5) is 11.5 Å². The van der Waals surface area contributed by atoms with Crippen molar-refractivity contribution in [2.24, 2.45) is 0 Å². The number of pyridine rings is 1. The number of nitrogens with zero attached hydrogens (tertiary/aromatic N) is 3. The Morgan fingerprint density at radius 1 is 1.44 bits per heavy atom. The molecule has 0 unspecified atom stereocenters. The molecule has 0 bridgehead atoms. The van der Waals surface area contributed by atoms with E-state index in [0.29, 0.717) is 0 Å². The molecule has 2 heterocycles. The Balaban J connectivity index is 2.14. The van der Waals surface area contributed by atoms with E-state index in [-0.39, 0.29) is 0 Å². The van der Waals surface area contributed by atoms with Crippen LogP contribution < -0.4 is 10.6 Å². The Bertz CT molecular complexity index is 467. The van der Waals surface area contributed by atoms with E-state index in [4.69, 9.17) is 5.73 Å². The van der Waals surface area contributed by atoms with Gasteiger partial charge in [-0.25, -0.2) is 9.97 Å². The summed E-state index contributed by atoms with van der Waals surface area (Å²) in [5, 5.41) is 2.04. The number of rotatable bonds is 3. The molecule has 0 atom stereocenters. The molecular formula is C11H14N4S. The molecule has 0 saturated carbocycles. The summed E-state index contributed by atoms with van der Waals surface area (Å²) in [5.41, 5.74) is 10.2. The second-order valence-electron chi connectivity index (χ2n) is 3.68. The average molecular weight is 234 g/mol. The van der Waals surface area contributed by atoms with Gasteiger partial charge in [0.2, 0.25) is 0 Å². The summed E-state index contributed by atoms with van der Waals surface area (Å²) in [5.74, 6) is 0.916.